The Bertz CT molecular complexity index is 1740. The van der Waals surface area contributed by atoms with Gasteiger partial charge in [0.25, 0.3) is 0 Å². The number of aliphatic hydroxyl groups is 2. The van der Waals surface area contributed by atoms with E-state index in [0.29, 0.717) is 12.8 Å². The lowest BCUT2D eigenvalue weighted by molar-refractivity contribution is -0.161. The summed E-state index contributed by atoms with van der Waals surface area (Å²) in [5, 5.41) is 29.2. The normalized spacial score (nSPS) is 15.8. The molecular weight excluding hydrogens is 977 g/mol. The van der Waals surface area contributed by atoms with E-state index in [1.165, 1.54) is 38.5 Å². The summed E-state index contributed by atoms with van der Waals surface area (Å²) in [6.45, 7) is 1.09. The van der Waals surface area contributed by atoms with Gasteiger partial charge in [-0.3, -0.25) is 28.0 Å². The maximum atomic E-state index is 13.1. The molecule has 1 unspecified atom stereocenters. The van der Waals surface area contributed by atoms with Gasteiger partial charge >= 0.3 is 33.6 Å². The van der Waals surface area contributed by atoms with Gasteiger partial charge in [0, 0.05) is 23.8 Å². The van der Waals surface area contributed by atoms with Crippen molar-refractivity contribution in [2.45, 2.75) is 172 Å². The Labute approximate surface area is 427 Å². The van der Waals surface area contributed by atoms with Crippen molar-refractivity contribution in [3.05, 3.63) is 97.2 Å². The summed E-state index contributed by atoms with van der Waals surface area (Å²) in [6.07, 6.45) is 44.4. The minimum absolute atomic E-state index is 0.0139. The second-order valence-corrected chi connectivity index (χ2v) is 20.5. The maximum Gasteiger partial charge on any atom is 0.472 e. The van der Waals surface area contributed by atoms with Crippen LogP contribution in [0.25, 0.3) is 0 Å². The first-order chi connectivity index (χ1) is 34.0. The van der Waals surface area contributed by atoms with Crippen molar-refractivity contribution in [1.82, 2.24) is 0 Å². The van der Waals surface area contributed by atoms with Crippen LogP contribution in [0.5, 0.6) is 0 Å². The molecule has 0 aliphatic carbocycles. The molecule has 0 rings (SSSR count). The Hall–Kier alpha value is -3.22. The van der Waals surface area contributed by atoms with Crippen molar-refractivity contribution in [3.8, 4) is 0 Å². The molecule has 0 saturated heterocycles. The van der Waals surface area contributed by atoms with Gasteiger partial charge in [0.2, 0.25) is 0 Å². The molecule has 0 aliphatic rings. The molecular formula is C51H85NO16P2S. The number of thioether (sulfide) groups is 1. The Morgan fingerprint density at radius 1 is 0.606 bits per heavy atom. The molecule has 8 N–H and O–H groups in total. The zero-order valence-electron chi connectivity index (χ0n) is 41.9. The number of hydrogen-bond donors (Lipinski definition) is 7. The molecule has 0 aromatic heterocycles. The first kappa shape index (κ1) is 67.8. The molecule has 0 spiro atoms. The van der Waals surface area contributed by atoms with Gasteiger partial charge in [0.15, 0.2) is 6.10 Å². The van der Waals surface area contributed by atoms with Crippen LogP contribution in [0.4, 0.5) is 0 Å². The fourth-order valence-electron chi connectivity index (χ4n) is 6.01. The molecule has 0 saturated carbocycles. The zero-order chi connectivity index (χ0) is 52.9. The molecule has 0 amide bonds. The van der Waals surface area contributed by atoms with Crippen molar-refractivity contribution < 1.29 is 76.6 Å². The number of phosphoric acid groups is 2. The first-order valence-corrected chi connectivity index (χ1v) is 28.9. The molecule has 6 atom stereocenters. The SMILES string of the molecule is CCCCC/C=C\C\C=C/C=C/C=C/[C@@H](SC[C@H](N)C(=O)OC[C@H](COP(=O)(O)OC[C@@H](O)COP(=O)(O)O)OC(=O)CCCCC/C=C\C/C=C\C/C=C\C/C=C\CCCCC)[C@@H](O)CCCC(=O)O. The van der Waals surface area contributed by atoms with Crippen LogP contribution in [-0.2, 0) is 46.6 Å². The number of hydrogen-bond acceptors (Lipinski definition) is 14. The standard InChI is InChI=1S/C51H85NO16P2S/c1-3-5-7-9-11-13-15-17-18-19-20-21-22-23-25-27-29-31-33-38-50(57)68-45(42-67-70(62,63)66-40-44(53)39-65-69(59,60)61)41-64-51(58)46(52)43-71-48(47(54)35-34-37-49(55)56)36-32-30-28-26-24-16-14-12-10-8-6-4-2/h11-14,17-18,20-21,23-26,28,30,32,36,44-48,53-54H,3-10,15-16,19,22,27,29,31,33-35,37-43,52H2,1-2H3,(H,55,56)(H,62,63)(H2,59,60,61)/b13-11-,14-12-,18-17-,21-20-,25-23-,26-24-,30-28+,36-32+/t44-,45+,46-,47-,48+/m0/s1. The van der Waals surface area contributed by atoms with E-state index < -0.39 is 89.6 Å². The second kappa shape index (κ2) is 45.4. The molecule has 0 fully saturated rings. The molecule has 0 bridgehead atoms. The Morgan fingerprint density at radius 3 is 1.69 bits per heavy atom. The number of nitrogens with two attached hydrogens (primary N) is 1. The van der Waals surface area contributed by atoms with Crippen molar-refractivity contribution in [2.75, 3.05) is 32.2 Å². The maximum absolute atomic E-state index is 13.1. The second-order valence-electron chi connectivity index (χ2n) is 16.6. The van der Waals surface area contributed by atoms with Crippen LogP contribution in [0, 0.1) is 0 Å². The van der Waals surface area contributed by atoms with Crippen LogP contribution >= 0.6 is 27.4 Å². The predicted octanol–water partition coefficient (Wildman–Crippen LogP) is 10.2. The summed E-state index contributed by atoms with van der Waals surface area (Å²) in [6, 6.07) is -1.23. The third kappa shape index (κ3) is 46.3. The van der Waals surface area contributed by atoms with Crippen LogP contribution < -0.4 is 5.73 Å². The highest BCUT2D eigenvalue weighted by Gasteiger charge is 2.29. The molecule has 406 valence electrons. The largest absolute Gasteiger partial charge is 0.481 e. The minimum Gasteiger partial charge on any atom is -0.481 e. The van der Waals surface area contributed by atoms with Crippen LogP contribution in [0.2, 0.25) is 0 Å². The van der Waals surface area contributed by atoms with Crippen molar-refractivity contribution in [2.24, 2.45) is 5.73 Å². The first-order valence-electron chi connectivity index (χ1n) is 24.9. The average Bonchev–Trinajstić information content (AvgIpc) is 3.32. The van der Waals surface area contributed by atoms with Gasteiger partial charge < -0.3 is 45.2 Å². The van der Waals surface area contributed by atoms with E-state index in [-0.39, 0.29) is 31.4 Å². The minimum atomic E-state index is -4.96. The fourth-order valence-corrected chi connectivity index (χ4v) is 8.29. The number of carbonyl (C=O) groups excluding carboxylic acids is 2. The summed E-state index contributed by atoms with van der Waals surface area (Å²) in [7, 11) is -9.90. The summed E-state index contributed by atoms with van der Waals surface area (Å²) in [5.41, 5.74) is 6.16. The highest BCUT2D eigenvalue weighted by atomic mass is 32.2. The highest BCUT2D eigenvalue weighted by Crippen LogP contribution is 2.44. The topological polar surface area (TPSA) is 279 Å². The molecule has 0 aromatic rings. The highest BCUT2D eigenvalue weighted by molar-refractivity contribution is 8.00. The van der Waals surface area contributed by atoms with Crippen LogP contribution in [0.1, 0.15) is 142 Å². The van der Waals surface area contributed by atoms with Gasteiger partial charge in [-0.05, 0) is 83.5 Å². The van der Waals surface area contributed by atoms with Crippen molar-refractivity contribution >= 4 is 45.3 Å². The Balaban J connectivity index is 5.34. The molecule has 0 radical (unpaired) electrons. The molecule has 71 heavy (non-hydrogen) atoms. The van der Waals surface area contributed by atoms with Crippen molar-refractivity contribution in [3.63, 3.8) is 0 Å². The average molecular weight is 1060 g/mol. The zero-order valence-corrected chi connectivity index (χ0v) is 44.6. The number of allylic oxidation sites excluding steroid dienone is 15. The smallest absolute Gasteiger partial charge is 0.472 e. The number of aliphatic carboxylic acids is 1. The number of aliphatic hydroxyl groups excluding tert-OH is 2. The van der Waals surface area contributed by atoms with Crippen molar-refractivity contribution in [1.29, 1.82) is 0 Å². The quantitative estimate of drug-likeness (QED) is 0.00981. The summed E-state index contributed by atoms with van der Waals surface area (Å²) in [4.78, 5) is 64.8. The van der Waals surface area contributed by atoms with E-state index in [9.17, 15) is 38.6 Å². The van der Waals surface area contributed by atoms with E-state index in [4.69, 9.17) is 34.6 Å². The number of carbonyl (C=O) groups is 3. The van der Waals surface area contributed by atoms with E-state index in [1.54, 1.807) is 18.2 Å². The predicted molar refractivity (Wildman–Crippen MR) is 281 cm³/mol. The molecule has 0 heterocycles. The number of carboxylic acids is 1. The van der Waals surface area contributed by atoms with E-state index in [2.05, 4.69) is 83.7 Å². The number of esters is 2. The molecule has 20 heteroatoms. The number of carboxylic acid groups (broad SMARTS) is 1. The Kier molecular flexibility index (Phi) is 43.3. The summed E-state index contributed by atoms with van der Waals surface area (Å²) < 4.78 is 48.0. The van der Waals surface area contributed by atoms with E-state index in [1.807, 2.05) is 18.2 Å². The summed E-state index contributed by atoms with van der Waals surface area (Å²) >= 11 is 1.15. The number of phosphoric ester groups is 2. The Morgan fingerprint density at radius 2 is 1.13 bits per heavy atom. The van der Waals surface area contributed by atoms with E-state index >= 15 is 0 Å². The number of unbranched alkanes of at least 4 members (excludes halogenated alkanes) is 9. The van der Waals surface area contributed by atoms with Gasteiger partial charge in [-0.1, -0.05) is 143 Å². The van der Waals surface area contributed by atoms with Gasteiger partial charge in [0.05, 0.1) is 25.9 Å². The van der Waals surface area contributed by atoms with Gasteiger partial charge in [-0.15, -0.1) is 11.8 Å². The third-order valence-corrected chi connectivity index (χ3v) is 12.8. The molecule has 0 aliphatic heterocycles. The lowest BCUT2D eigenvalue weighted by Gasteiger charge is -2.22. The molecule has 17 nitrogen and oxygen atoms in total. The lowest BCUT2D eigenvalue weighted by atomic mass is 10.1. The summed E-state index contributed by atoms with van der Waals surface area (Å²) in [5.74, 6) is -2.64. The third-order valence-electron chi connectivity index (χ3n) is 9.93. The lowest BCUT2D eigenvalue weighted by Crippen LogP contribution is -2.38. The fraction of sp³-hybridized carbons (Fsp3) is 0.627. The van der Waals surface area contributed by atoms with Gasteiger partial charge in [0.1, 0.15) is 18.8 Å². The van der Waals surface area contributed by atoms with Crippen LogP contribution in [-0.4, -0.2) is 110 Å². The van der Waals surface area contributed by atoms with Crippen LogP contribution in [0.3, 0.4) is 0 Å². The monoisotopic (exact) mass is 1060 g/mol. The van der Waals surface area contributed by atoms with Gasteiger partial charge in [-0.2, -0.15) is 0 Å². The number of rotatable bonds is 46. The van der Waals surface area contributed by atoms with E-state index in [0.717, 1.165) is 63.1 Å². The van der Waals surface area contributed by atoms with Gasteiger partial charge in [-0.25, -0.2) is 9.13 Å². The van der Waals surface area contributed by atoms with Crippen LogP contribution in [0.15, 0.2) is 97.2 Å². The number of ether oxygens (including phenoxy) is 2. The molecule has 0 aromatic carbocycles.